The number of aryl methyl sites for hydroxylation is 1. The molecule has 0 aliphatic heterocycles. The number of hydrogen-bond donors (Lipinski definition) is 2. The van der Waals surface area contributed by atoms with Gasteiger partial charge in [-0.25, -0.2) is 15.0 Å². The molecule has 1 saturated carbocycles. The Hall–Kier alpha value is -2.28. The van der Waals surface area contributed by atoms with E-state index in [1.165, 1.54) is 0 Å². The second-order valence-corrected chi connectivity index (χ2v) is 7.45. The molecule has 7 nitrogen and oxygen atoms in total. The van der Waals surface area contributed by atoms with Gasteiger partial charge in [0.05, 0.1) is 5.60 Å². The molecule has 0 atom stereocenters. The van der Waals surface area contributed by atoms with Gasteiger partial charge in [0, 0.05) is 29.7 Å². The van der Waals surface area contributed by atoms with Gasteiger partial charge < -0.3 is 10.4 Å². The normalized spacial score (nSPS) is 25.1. The summed E-state index contributed by atoms with van der Waals surface area (Å²) in [5, 5.41) is 13.5. The monoisotopic (exact) mass is 355 g/mol. The van der Waals surface area contributed by atoms with E-state index in [-0.39, 0.29) is 11.9 Å². The largest absolute Gasteiger partial charge is 0.390 e. The molecule has 2 aromatic rings. The minimum Gasteiger partial charge on any atom is -0.390 e. The topological polar surface area (TPSA) is 92.9 Å². The highest BCUT2D eigenvalue weighted by atomic mass is 16.3. The van der Waals surface area contributed by atoms with Crippen molar-refractivity contribution in [2.45, 2.75) is 69.9 Å². The lowest BCUT2D eigenvalue weighted by Crippen LogP contribution is -2.43. The highest BCUT2D eigenvalue weighted by Crippen LogP contribution is 2.31. The Balaban J connectivity index is 1.55. The Morgan fingerprint density at radius 2 is 2.15 bits per heavy atom. The predicted octanol–water partition coefficient (Wildman–Crippen LogP) is 1.96. The number of fused-ring (bicyclic) bond motifs is 1. The molecule has 0 bridgehead atoms. The van der Waals surface area contributed by atoms with Gasteiger partial charge in [-0.2, -0.15) is 0 Å². The molecule has 4 rings (SSSR count). The van der Waals surface area contributed by atoms with E-state index >= 15 is 0 Å². The molecule has 7 heteroatoms. The van der Waals surface area contributed by atoms with Crippen molar-refractivity contribution in [3.63, 3.8) is 0 Å². The van der Waals surface area contributed by atoms with E-state index in [9.17, 15) is 9.90 Å². The van der Waals surface area contributed by atoms with E-state index in [0.717, 1.165) is 62.6 Å². The van der Waals surface area contributed by atoms with Crippen LogP contribution in [0.2, 0.25) is 0 Å². The number of amides is 1. The second kappa shape index (κ2) is 6.79. The zero-order valence-electron chi connectivity index (χ0n) is 15.1. The number of carbonyl (C=O) groups is 1. The molecule has 2 aliphatic rings. The lowest BCUT2D eigenvalue weighted by atomic mass is 9.80. The molecule has 0 unspecified atom stereocenters. The van der Waals surface area contributed by atoms with Gasteiger partial charge in [0.1, 0.15) is 12.0 Å². The summed E-state index contributed by atoms with van der Waals surface area (Å²) < 4.78 is 1.73. The van der Waals surface area contributed by atoms with Gasteiger partial charge in [-0.05, 0) is 51.4 Å². The first-order valence-electron chi connectivity index (χ1n) is 9.49. The van der Waals surface area contributed by atoms with Crippen molar-refractivity contribution in [2.75, 3.05) is 0 Å². The van der Waals surface area contributed by atoms with Crippen molar-refractivity contribution in [2.24, 2.45) is 0 Å². The molecule has 0 aromatic carbocycles. The maximum Gasteiger partial charge on any atom is 0.270 e. The van der Waals surface area contributed by atoms with Crippen LogP contribution in [-0.4, -0.2) is 42.2 Å². The van der Waals surface area contributed by atoms with Crippen LogP contribution >= 0.6 is 0 Å². The molecule has 0 spiro atoms. The number of hydrogen-bond acceptors (Lipinski definition) is 5. The molecule has 1 fully saturated rings. The fraction of sp³-hybridized carbons (Fsp3) is 0.579. The predicted molar refractivity (Wildman–Crippen MR) is 96.1 cm³/mol. The molecular weight excluding hydrogens is 330 g/mol. The SMILES string of the molecule is CCC1(O)CCC(NC(=O)c2nc(-n3ccnc3)nc3c2CCC3)CC1. The smallest absolute Gasteiger partial charge is 0.270 e. The third kappa shape index (κ3) is 3.23. The summed E-state index contributed by atoms with van der Waals surface area (Å²) in [5.41, 5.74) is 1.88. The first-order chi connectivity index (χ1) is 12.6. The molecule has 0 saturated heterocycles. The highest BCUT2D eigenvalue weighted by molar-refractivity contribution is 5.94. The molecule has 2 aliphatic carbocycles. The van der Waals surface area contributed by atoms with E-state index in [4.69, 9.17) is 0 Å². The number of carbonyl (C=O) groups excluding carboxylic acids is 1. The van der Waals surface area contributed by atoms with Gasteiger partial charge in [0.25, 0.3) is 5.91 Å². The Morgan fingerprint density at radius 3 is 2.85 bits per heavy atom. The Bertz CT molecular complexity index is 795. The van der Waals surface area contributed by atoms with Crippen LogP contribution in [0, 0.1) is 0 Å². The summed E-state index contributed by atoms with van der Waals surface area (Å²) in [7, 11) is 0. The van der Waals surface area contributed by atoms with Gasteiger partial charge in [-0.15, -0.1) is 0 Å². The maximum absolute atomic E-state index is 12.9. The highest BCUT2D eigenvalue weighted by Gasteiger charge is 2.33. The van der Waals surface area contributed by atoms with Crippen LogP contribution in [0.25, 0.3) is 5.95 Å². The first-order valence-corrected chi connectivity index (χ1v) is 9.49. The Labute approximate surface area is 152 Å². The molecular formula is C19H25N5O2. The Morgan fingerprint density at radius 1 is 1.35 bits per heavy atom. The summed E-state index contributed by atoms with van der Waals surface area (Å²) in [5.74, 6) is 0.371. The van der Waals surface area contributed by atoms with E-state index in [2.05, 4.69) is 20.3 Å². The molecule has 2 aromatic heterocycles. The maximum atomic E-state index is 12.9. The number of nitrogens with zero attached hydrogens (tertiary/aromatic N) is 4. The van der Waals surface area contributed by atoms with Crippen molar-refractivity contribution in [3.05, 3.63) is 35.7 Å². The molecule has 0 radical (unpaired) electrons. The quantitative estimate of drug-likeness (QED) is 0.875. The third-order valence-corrected chi connectivity index (χ3v) is 5.78. The molecule has 2 N–H and O–H groups in total. The average molecular weight is 355 g/mol. The molecule has 2 heterocycles. The van der Waals surface area contributed by atoms with Gasteiger partial charge in [0.2, 0.25) is 5.95 Å². The minimum atomic E-state index is -0.564. The van der Waals surface area contributed by atoms with Crippen molar-refractivity contribution in [1.29, 1.82) is 0 Å². The van der Waals surface area contributed by atoms with Gasteiger partial charge in [-0.1, -0.05) is 6.92 Å². The minimum absolute atomic E-state index is 0.0954. The average Bonchev–Trinajstić information content (AvgIpc) is 3.34. The van der Waals surface area contributed by atoms with Crippen molar-refractivity contribution < 1.29 is 9.90 Å². The molecule has 26 heavy (non-hydrogen) atoms. The van der Waals surface area contributed by atoms with E-state index in [1.54, 1.807) is 23.3 Å². The number of imidazole rings is 1. The van der Waals surface area contributed by atoms with Gasteiger partial charge in [-0.3, -0.25) is 9.36 Å². The zero-order chi connectivity index (χ0) is 18.1. The van der Waals surface area contributed by atoms with Gasteiger partial charge in [0.15, 0.2) is 0 Å². The van der Waals surface area contributed by atoms with Crippen molar-refractivity contribution >= 4 is 5.91 Å². The molecule has 1 amide bonds. The number of rotatable bonds is 4. The van der Waals surface area contributed by atoms with Crippen molar-refractivity contribution in [1.82, 2.24) is 24.8 Å². The Kier molecular flexibility index (Phi) is 4.48. The molecule has 138 valence electrons. The van der Waals surface area contributed by atoms with Gasteiger partial charge >= 0.3 is 0 Å². The summed E-state index contributed by atoms with van der Waals surface area (Å²) >= 11 is 0. The lowest BCUT2D eigenvalue weighted by molar-refractivity contribution is -0.00654. The lowest BCUT2D eigenvalue weighted by Gasteiger charge is -2.35. The summed E-state index contributed by atoms with van der Waals surface area (Å²) in [6.45, 7) is 2.01. The van der Waals surface area contributed by atoms with Crippen LogP contribution in [0.15, 0.2) is 18.7 Å². The summed E-state index contributed by atoms with van der Waals surface area (Å²) in [4.78, 5) is 26.1. The van der Waals surface area contributed by atoms with Crippen molar-refractivity contribution in [3.8, 4) is 5.95 Å². The van der Waals surface area contributed by atoms with E-state index < -0.39 is 5.60 Å². The van der Waals surface area contributed by atoms with Crippen LogP contribution in [0.1, 0.15) is 67.2 Å². The summed E-state index contributed by atoms with van der Waals surface area (Å²) in [6, 6.07) is 0.0954. The summed E-state index contributed by atoms with van der Waals surface area (Å²) in [6.07, 6.45) is 11.7. The van der Waals surface area contributed by atoms with E-state index in [1.807, 2.05) is 6.92 Å². The second-order valence-electron chi connectivity index (χ2n) is 7.45. The van der Waals surface area contributed by atoms with Crippen LogP contribution in [0.3, 0.4) is 0 Å². The van der Waals surface area contributed by atoms with Crippen LogP contribution in [-0.2, 0) is 12.8 Å². The first kappa shape index (κ1) is 17.1. The number of aliphatic hydroxyl groups is 1. The van der Waals surface area contributed by atoms with Crippen LogP contribution in [0.4, 0.5) is 0 Å². The van der Waals surface area contributed by atoms with E-state index in [0.29, 0.717) is 11.6 Å². The fourth-order valence-electron chi connectivity index (χ4n) is 4.01. The number of aromatic nitrogens is 4. The standard InChI is InChI=1S/C19H25N5O2/c1-2-19(26)8-6-13(7-9-19)21-17(25)16-14-4-3-5-15(14)22-18(23-16)24-11-10-20-12-24/h10-13,26H,2-9H2,1H3,(H,21,25). The van der Waals surface area contributed by atoms with Crippen LogP contribution in [0.5, 0.6) is 0 Å². The third-order valence-electron chi connectivity index (χ3n) is 5.78. The zero-order valence-corrected chi connectivity index (χ0v) is 15.1. The fourth-order valence-corrected chi connectivity index (χ4v) is 4.01. The van der Waals surface area contributed by atoms with Crippen LogP contribution < -0.4 is 5.32 Å². The number of nitrogens with one attached hydrogen (secondary N) is 1.